The molecule has 0 saturated carbocycles. The molecule has 3 heteroatoms. The fourth-order valence-corrected chi connectivity index (χ4v) is 3.01. The summed E-state index contributed by atoms with van der Waals surface area (Å²) in [5.74, 6) is 0.645. The van der Waals surface area contributed by atoms with E-state index in [2.05, 4.69) is 31.0 Å². The van der Waals surface area contributed by atoms with Crippen LogP contribution in [-0.4, -0.2) is 42.9 Å². The monoisotopic (exact) mass is 226 g/mol. The summed E-state index contributed by atoms with van der Waals surface area (Å²) in [6.07, 6.45) is 3.96. The first-order valence-electron chi connectivity index (χ1n) is 6.78. The quantitative estimate of drug-likeness (QED) is 0.777. The number of likely N-dealkylation sites (N-methyl/N-ethyl adjacent to an activating group) is 1. The maximum atomic E-state index is 6.10. The number of hydrogen-bond acceptors (Lipinski definition) is 3. The highest BCUT2D eigenvalue weighted by Gasteiger charge is 2.41. The van der Waals surface area contributed by atoms with Crippen molar-refractivity contribution in [2.24, 2.45) is 5.92 Å². The summed E-state index contributed by atoms with van der Waals surface area (Å²) >= 11 is 0. The van der Waals surface area contributed by atoms with Gasteiger partial charge in [0.15, 0.2) is 0 Å². The van der Waals surface area contributed by atoms with E-state index in [1.807, 2.05) is 0 Å². The van der Waals surface area contributed by atoms with E-state index in [1.54, 1.807) is 0 Å². The van der Waals surface area contributed by atoms with Gasteiger partial charge in [0, 0.05) is 6.54 Å². The summed E-state index contributed by atoms with van der Waals surface area (Å²) < 4.78 is 6.10. The molecule has 3 atom stereocenters. The summed E-state index contributed by atoms with van der Waals surface area (Å²) in [5, 5.41) is 3.62. The second-order valence-corrected chi connectivity index (χ2v) is 5.54. The van der Waals surface area contributed by atoms with Crippen LogP contribution in [0, 0.1) is 5.92 Å². The first kappa shape index (κ1) is 12.3. The highest BCUT2D eigenvalue weighted by molar-refractivity contribution is 4.93. The molecule has 0 aromatic heterocycles. The molecule has 3 unspecified atom stereocenters. The van der Waals surface area contributed by atoms with Crippen molar-refractivity contribution >= 4 is 0 Å². The van der Waals surface area contributed by atoms with Crippen LogP contribution in [0.1, 0.15) is 40.0 Å². The number of piperidine rings is 1. The second-order valence-electron chi connectivity index (χ2n) is 5.54. The molecule has 0 aromatic carbocycles. The van der Waals surface area contributed by atoms with Crippen molar-refractivity contribution in [3.05, 3.63) is 0 Å². The minimum atomic E-state index is -0.122. The van der Waals surface area contributed by atoms with E-state index in [0.29, 0.717) is 12.0 Å². The number of likely N-dealkylation sites (tertiary alicyclic amines) is 1. The van der Waals surface area contributed by atoms with Crippen LogP contribution in [0.2, 0.25) is 0 Å². The Bertz CT molecular complexity index is 224. The zero-order chi connectivity index (χ0) is 11.6. The van der Waals surface area contributed by atoms with Gasteiger partial charge in [0.2, 0.25) is 0 Å². The Labute approximate surface area is 99.5 Å². The molecular weight excluding hydrogens is 200 g/mol. The van der Waals surface area contributed by atoms with Gasteiger partial charge in [-0.05, 0) is 38.8 Å². The third-order valence-electron chi connectivity index (χ3n) is 4.12. The molecule has 0 radical (unpaired) electrons. The van der Waals surface area contributed by atoms with Gasteiger partial charge in [-0.25, -0.2) is 0 Å². The smallest absolute Gasteiger partial charge is 0.132 e. The molecule has 94 valence electrons. The van der Waals surface area contributed by atoms with Crippen LogP contribution in [0.15, 0.2) is 0 Å². The van der Waals surface area contributed by atoms with Gasteiger partial charge in [-0.15, -0.1) is 0 Å². The third-order valence-corrected chi connectivity index (χ3v) is 4.12. The lowest BCUT2D eigenvalue weighted by Crippen LogP contribution is -2.65. The van der Waals surface area contributed by atoms with Crippen LogP contribution in [0.3, 0.4) is 0 Å². The highest BCUT2D eigenvalue weighted by atomic mass is 16.5. The molecule has 0 amide bonds. The van der Waals surface area contributed by atoms with Crippen LogP contribution in [0.5, 0.6) is 0 Å². The second kappa shape index (κ2) is 5.03. The molecule has 2 rings (SSSR count). The van der Waals surface area contributed by atoms with Crippen LogP contribution in [0.4, 0.5) is 0 Å². The van der Waals surface area contributed by atoms with Crippen molar-refractivity contribution in [1.82, 2.24) is 10.2 Å². The van der Waals surface area contributed by atoms with E-state index in [4.69, 9.17) is 4.74 Å². The molecule has 2 aliphatic heterocycles. The normalized spacial score (nSPS) is 42.2. The summed E-state index contributed by atoms with van der Waals surface area (Å²) in [4.78, 5) is 2.58. The fraction of sp³-hybridized carbons (Fsp3) is 1.00. The van der Waals surface area contributed by atoms with Crippen LogP contribution >= 0.6 is 0 Å². The Morgan fingerprint density at radius 2 is 2.25 bits per heavy atom. The van der Waals surface area contributed by atoms with Gasteiger partial charge in [0.25, 0.3) is 0 Å². The Balaban J connectivity index is 2.03. The summed E-state index contributed by atoms with van der Waals surface area (Å²) in [5.41, 5.74) is -0.122. The Morgan fingerprint density at radius 3 is 2.88 bits per heavy atom. The van der Waals surface area contributed by atoms with Gasteiger partial charge >= 0.3 is 0 Å². The molecule has 0 aromatic rings. The fourth-order valence-electron chi connectivity index (χ4n) is 3.01. The zero-order valence-corrected chi connectivity index (χ0v) is 11.0. The van der Waals surface area contributed by atoms with E-state index in [1.165, 1.54) is 25.8 Å². The third kappa shape index (κ3) is 2.41. The summed E-state index contributed by atoms with van der Waals surface area (Å²) in [6.45, 7) is 11.1. The zero-order valence-electron chi connectivity index (χ0n) is 11.0. The molecule has 16 heavy (non-hydrogen) atoms. The minimum Gasteiger partial charge on any atom is -0.359 e. The van der Waals surface area contributed by atoms with Gasteiger partial charge in [0.1, 0.15) is 5.72 Å². The molecule has 3 nitrogen and oxygen atoms in total. The Kier molecular flexibility index (Phi) is 3.88. The molecule has 0 bridgehead atoms. The Hall–Kier alpha value is -0.120. The van der Waals surface area contributed by atoms with Gasteiger partial charge < -0.3 is 4.74 Å². The summed E-state index contributed by atoms with van der Waals surface area (Å²) in [6, 6.07) is 0.554. The van der Waals surface area contributed by atoms with E-state index in [0.717, 1.165) is 19.7 Å². The van der Waals surface area contributed by atoms with Gasteiger partial charge in [0.05, 0.1) is 12.6 Å². The average molecular weight is 226 g/mol. The van der Waals surface area contributed by atoms with E-state index in [9.17, 15) is 0 Å². The van der Waals surface area contributed by atoms with Crippen LogP contribution < -0.4 is 5.32 Å². The lowest BCUT2D eigenvalue weighted by Gasteiger charge is -2.49. The molecule has 2 aliphatic rings. The predicted molar refractivity (Wildman–Crippen MR) is 66.4 cm³/mol. The molecule has 2 saturated heterocycles. The van der Waals surface area contributed by atoms with E-state index < -0.39 is 0 Å². The van der Waals surface area contributed by atoms with Crippen molar-refractivity contribution < 1.29 is 4.74 Å². The highest BCUT2D eigenvalue weighted by Crippen LogP contribution is 2.29. The van der Waals surface area contributed by atoms with E-state index >= 15 is 0 Å². The average Bonchev–Trinajstić information content (AvgIpc) is 2.33. The molecule has 2 heterocycles. The number of hydrogen-bond donors (Lipinski definition) is 1. The SMILES string of the molecule is CCN1CCCCC1C1(C)NCC(C)CO1. The predicted octanol–water partition coefficient (Wildman–Crippen LogP) is 1.83. The van der Waals surface area contributed by atoms with Crippen LogP contribution in [0.25, 0.3) is 0 Å². The minimum absolute atomic E-state index is 0.122. The van der Waals surface area contributed by atoms with Gasteiger partial charge in [-0.1, -0.05) is 20.3 Å². The van der Waals surface area contributed by atoms with Crippen molar-refractivity contribution in [2.75, 3.05) is 26.2 Å². The number of nitrogens with zero attached hydrogens (tertiary/aromatic N) is 1. The molecular formula is C13H26N2O. The standard InChI is InChI=1S/C13H26N2O/c1-4-15-8-6-5-7-12(15)13(3)14-9-11(2)10-16-13/h11-12,14H,4-10H2,1-3H3. The largest absolute Gasteiger partial charge is 0.359 e. The Morgan fingerprint density at radius 1 is 1.44 bits per heavy atom. The van der Waals surface area contributed by atoms with Crippen molar-refractivity contribution in [3.8, 4) is 0 Å². The van der Waals surface area contributed by atoms with Crippen molar-refractivity contribution in [1.29, 1.82) is 0 Å². The molecule has 1 N–H and O–H groups in total. The molecule has 2 fully saturated rings. The topological polar surface area (TPSA) is 24.5 Å². The van der Waals surface area contributed by atoms with Gasteiger partial charge in [-0.3, -0.25) is 10.2 Å². The number of ether oxygens (including phenoxy) is 1. The molecule has 0 spiro atoms. The first-order chi connectivity index (χ1) is 7.65. The van der Waals surface area contributed by atoms with E-state index in [-0.39, 0.29) is 5.72 Å². The van der Waals surface area contributed by atoms with Gasteiger partial charge in [-0.2, -0.15) is 0 Å². The lowest BCUT2D eigenvalue weighted by atomic mass is 9.92. The molecule has 0 aliphatic carbocycles. The lowest BCUT2D eigenvalue weighted by molar-refractivity contribution is -0.152. The maximum Gasteiger partial charge on any atom is 0.132 e. The van der Waals surface area contributed by atoms with Crippen LogP contribution in [-0.2, 0) is 4.74 Å². The first-order valence-corrected chi connectivity index (χ1v) is 6.78. The maximum absolute atomic E-state index is 6.10. The summed E-state index contributed by atoms with van der Waals surface area (Å²) in [7, 11) is 0. The number of nitrogens with one attached hydrogen (secondary N) is 1. The number of rotatable bonds is 2. The van der Waals surface area contributed by atoms with Crippen molar-refractivity contribution in [3.63, 3.8) is 0 Å². The van der Waals surface area contributed by atoms with Crippen molar-refractivity contribution in [2.45, 2.75) is 51.8 Å².